The minimum absolute atomic E-state index is 0.0971. The van der Waals surface area contributed by atoms with Gasteiger partial charge in [0.15, 0.2) is 5.78 Å². The lowest BCUT2D eigenvalue weighted by molar-refractivity contribution is 0.0932. The lowest BCUT2D eigenvalue weighted by atomic mass is 10.1. The third-order valence-electron chi connectivity index (χ3n) is 2.02. The zero-order valence-electron chi connectivity index (χ0n) is 9.16. The van der Waals surface area contributed by atoms with E-state index in [4.69, 9.17) is 9.47 Å². The third-order valence-corrected chi connectivity index (χ3v) is 2.02. The van der Waals surface area contributed by atoms with Crippen LogP contribution in [0.25, 0.3) is 0 Å². The van der Waals surface area contributed by atoms with Crippen molar-refractivity contribution in [1.29, 1.82) is 0 Å². The smallest absolute Gasteiger partial charge is 0.165 e. The van der Waals surface area contributed by atoms with Gasteiger partial charge in [-0.05, 0) is 31.2 Å². The van der Waals surface area contributed by atoms with Crippen LogP contribution in [-0.2, 0) is 4.74 Å². The number of hydrogen-bond donors (Lipinski definition) is 0. The van der Waals surface area contributed by atoms with Gasteiger partial charge in [0.05, 0.1) is 13.2 Å². The second kappa shape index (κ2) is 6.19. The van der Waals surface area contributed by atoms with Gasteiger partial charge in [-0.1, -0.05) is 0 Å². The van der Waals surface area contributed by atoms with E-state index in [0.717, 1.165) is 5.75 Å². The van der Waals surface area contributed by atoms with Crippen LogP contribution in [0.5, 0.6) is 5.75 Å². The largest absolute Gasteiger partial charge is 0.494 e. The number of Topliss-reactive ketones (excluding diaryl/α,β-unsaturated/α-hetero) is 1. The molecule has 0 spiro atoms. The van der Waals surface area contributed by atoms with E-state index in [-0.39, 0.29) is 5.78 Å². The summed E-state index contributed by atoms with van der Waals surface area (Å²) in [5.74, 6) is 0.890. The Kier molecular flexibility index (Phi) is 4.84. The first-order valence-corrected chi connectivity index (χ1v) is 5.03. The fourth-order valence-corrected chi connectivity index (χ4v) is 1.24. The highest BCUT2D eigenvalue weighted by Crippen LogP contribution is 2.13. The Morgan fingerprint density at radius 2 is 1.93 bits per heavy atom. The Bertz CT molecular complexity index is 303. The van der Waals surface area contributed by atoms with E-state index >= 15 is 0 Å². The summed E-state index contributed by atoms with van der Waals surface area (Å²) in [5.41, 5.74) is 0.704. The molecular formula is C12H16O3. The second-order valence-corrected chi connectivity index (χ2v) is 3.12. The number of rotatable bonds is 6. The molecule has 3 nitrogen and oxygen atoms in total. The molecule has 82 valence electrons. The van der Waals surface area contributed by atoms with E-state index in [1.165, 1.54) is 0 Å². The molecule has 0 saturated heterocycles. The van der Waals surface area contributed by atoms with Gasteiger partial charge in [0.25, 0.3) is 0 Å². The quantitative estimate of drug-likeness (QED) is 0.673. The summed E-state index contributed by atoms with van der Waals surface area (Å²) in [6.45, 7) is 3.03. The number of ketones is 1. The molecule has 0 heterocycles. The van der Waals surface area contributed by atoms with Crippen LogP contribution in [0.2, 0.25) is 0 Å². The van der Waals surface area contributed by atoms with Gasteiger partial charge in [0.2, 0.25) is 0 Å². The fraction of sp³-hybridized carbons (Fsp3) is 0.417. The van der Waals surface area contributed by atoms with Gasteiger partial charge in [0, 0.05) is 19.1 Å². The molecule has 1 rings (SSSR count). The first-order chi connectivity index (χ1) is 7.27. The Hall–Kier alpha value is -1.35. The maximum Gasteiger partial charge on any atom is 0.165 e. The number of carbonyl (C=O) groups excluding carboxylic acids is 1. The molecule has 3 heteroatoms. The van der Waals surface area contributed by atoms with Crippen molar-refractivity contribution in [2.24, 2.45) is 0 Å². The van der Waals surface area contributed by atoms with Crippen molar-refractivity contribution in [2.75, 3.05) is 20.3 Å². The minimum atomic E-state index is 0.0971. The Labute approximate surface area is 90.0 Å². The highest BCUT2D eigenvalue weighted by Gasteiger charge is 2.04. The molecule has 0 fully saturated rings. The molecule has 0 aromatic heterocycles. The molecule has 1 aromatic rings. The van der Waals surface area contributed by atoms with Gasteiger partial charge < -0.3 is 9.47 Å². The molecule has 0 bridgehead atoms. The van der Waals surface area contributed by atoms with Gasteiger partial charge in [-0.3, -0.25) is 4.79 Å². The van der Waals surface area contributed by atoms with Crippen LogP contribution in [0.1, 0.15) is 23.7 Å². The van der Waals surface area contributed by atoms with Crippen molar-refractivity contribution in [3.8, 4) is 5.75 Å². The summed E-state index contributed by atoms with van der Waals surface area (Å²) in [7, 11) is 1.59. The number of ether oxygens (including phenoxy) is 2. The lowest BCUT2D eigenvalue weighted by Gasteiger charge is -2.04. The van der Waals surface area contributed by atoms with Gasteiger partial charge in [-0.15, -0.1) is 0 Å². The lowest BCUT2D eigenvalue weighted by Crippen LogP contribution is -2.03. The predicted molar refractivity (Wildman–Crippen MR) is 58.4 cm³/mol. The first kappa shape index (κ1) is 11.7. The summed E-state index contributed by atoms with van der Waals surface area (Å²) in [6.07, 6.45) is 0.421. The highest BCUT2D eigenvalue weighted by molar-refractivity contribution is 5.96. The van der Waals surface area contributed by atoms with Crippen LogP contribution in [0.15, 0.2) is 24.3 Å². The Morgan fingerprint density at radius 3 is 2.47 bits per heavy atom. The molecule has 0 N–H and O–H groups in total. The van der Waals surface area contributed by atoms with Crippen LogP contribution < -0.4 is 4.74 Å². The summed E-state index contributed by atoms with van der Waals surface area (Å²) in [6, 6.07) is 7.18. The van der Waals surface area contributed by atoms with Crippen molar-refractivity contribution < 1.29 is 14.3 Å². The Balaban J connectivity index is 2.58. The molecule has 1 aromatic carbocycles. The summed E-state index contributed by atoms with van der Waals surface area (Å²) in [4.78, 5) is 11.6. The van der Waals surface area contributed by atoms with Gasteiger partial charge in [0.1, 0.15) is 5.75 Å². The molecule has 0 aliphatic carbocycles. The van der Waals surface area contributed by atoms with Crippen LogP contribution >= 0.6 is 0 Å². The molecule has 0 radical (unpaired) electrons. The van der Waals surface area contributed by atoms with Crippen molar-refractivity contribution >= 4 is 5.78 Å². The van der Waals surface area contributed by atoms with Gasteiger partial charge in [-0.2, -0.15) is 0 Å². The van der Waals surface area contributed by atoms with Crippen LogP contribution in [0, 0.1) is 0 Å². The molecule has 0 aliphatic rings. The second-order valence-electron chi connectivity index (χ2n) is 3.12. The molecule has 0 saturated carbocycles. The molecule has 0 aliphatic heterocycles. The molecule has 0 amide bonds. The van der Waals surface area contributed by atoms with E-state index in [0.29, 0.717) is 25.2 Å². The maximum absolute atomic E-state index is 11.6. The summed E-state index contributed by atoms with van der Waals surface area (Å²) in [5, 5.41) is 0. The van der Waals surface area contributed by atoms with E-state index in [1.807, 2.05) is 19.1 Å². The molecule has 0 atom stereocenters. The van der Waals surface area contributed by atoms with Crippen molar-refractivity contribution in [1.82, 2.24) is 0 Å². The average Bonchev–Trinajstić information content (AvgIpc) is 2.27. The number of carbonyl (C=O) groups is 1. The molecule has 15 heavy (non-hydrogen) atoms. The van der Waals surface area contributed by atoms with Crippen LogP contribution in [-0.4, -0.2) is 26.1 Å². The van der Waals surface area contributed by atoms with E-state index in [9.17, 15) is 4.79 Å². The summed E-state index contributed by atoms with van der Waals surface area (Å²) >= 11 is 0. The maximum atomic E-state index is 11.6. The molecular weight excluding hydrogens is 192 g/mol. The van der Waals surface area contributed by atoms with Gasteiger partial charge in [-0.25, -0.2) is 0 Å². The zero-order chi connectivity index (χ0) is 11.1. The van der Waals surface area contributed by atoms with E-state index in [1.54, 1.807) is 19.2 Å². The van der Waals surface area contributed by atoms with Crippen molar-refractivity contribution in [2.45, 2.75) is 13.3 Å². The average molecular weight is 208 g/mol. The number of benzene rings is 1. The highest BCUT2D eigenvalue weighted by atomic mass is 16.5. The van der Waals surface area contributed by atoms with Crippen molar-refractivity contribution in [3.63, 3.8) is 0 Å². The third kappa shape index (κ3) is 3.72. The Morgan fingerprint density at radius 1 is 1.27 bits per heavy atom. The summed E-state index contributed by atoms with van der Waals surface area (Å²) < 4.78 is 10.1. The standard InChI is InChI=1S/C12H16O3/c1-3-15-11-6-4-10(5-7-11)12(13)8-9-14-2/h4-7H,3,8-9H2,1-2H3. The number of methoxy groups -OCH3 is 1. The minimum Gasteiger partial charge on any atom is -0.494 e. The fourth-order valence-electron chi connectivity index (χ4n) is 1.24. The SMILES string of the molecule is CCOc1ccc(C(=O)CCOC)cc1. The normalized spacial score (nSPS) is 10.0. The monoisotopic (exact) mass is 208 g/mol. The van der Waals surface area contributed by atoms with Crippen LogP contribution in [0.3, 0.4) is 0 Å². The molecule has 0 unspecified atom stereocenters. The van der Waals surface area contributed by atoms with Gasteiger partial charge >= 0.3 is 0 Å². The first-order valence-electron chi connectivity index (χ1n) is 5.03. The van der Waals surface area contributed by atoms with E-state index in [2.05, 4.69) is 0 Å². The van der Waals surface area contributed by atoms with E-state index < -0.39 is 0 Å². The van der Waals surface area contributed by atoms with Crippen molar-refractivity contribution in [3.05, 3.63) is 29.8 Å². The zero-order valence-corrected chi connectivity index (χ0v) is 9.16. The predicted octanol–water partition coefficient (Wildman–Crippen LogP) is 2.30. The topological polar surface area (TPSA) is 35.5 Å². The van der Waals surface area contributed by atoms with Crippen LogP contribution in [0.4, 0.5) is 0 Å². The number of hydrogen-bond acceptors (Lipinski definition) is 3.